The molecule has 1 amide bonds. The van der Waals surface area contributed by atoms with E-state index in [9.17, 15) is 14.4 Å². The standard InChI is InChI=1S/C22H23NO7/c1-27-18-9-8-15(11-19(18)28-2)21(25)30-13-20(24)23-12-16-7-5-4-6-14(16)10-17(23)22(26)29-3/h4-9,11,17H,10,12-13H2,1-3H3/t17-/m1/s1. The molecule has 3 rings (SSSR count). The molecule has 0 radical (unpaired) electrons. The number of carbonyl (C=O) groups excluding carboxylic acids is 3. The maximum atomic E-state index is 12.8. The van der Waals surface area contributed by atoms with E-state index in [1.54, 1.807) is 6.07 Å². The van der Waals surface area contributed by atoms with Gasteiger partial charge in [-0.15, -0.1) is 0 Å². The summed E-state index contributed by atoms with van der Waals surface area (Å²) >= 11 is 0. The summed E-state index contributed by atoms with van der Waals surface area (Å²) in [4.78, 5) is 38.8. The van der Waals surface area contributed by atoms with Crippen molar-refractivity contribution in [1.29, 1.82) is 0 Å². The van der Waals surface area contributed by atoms with Gasteiger partial charge in [0.2, 0.25) is 0 Å². The Morgan fingerprint density at radius 3 is 2.33 bits per heavy atom. The molecule has 0 saturated carbocycles. The number of ether oxygens (including phenoxy) is 4. The van der Waals surface area contributed by atoms with E-state index in [1.807, 2.05) is 24.3 Å². The molecule has 1 aliphatic rings. The minimum absolute atomic E-state index is 0.217. The molecule has 1 heterocycles. The molecule has 8 heteroatoms. The molecular formula is C22H23NO7. The molecule has 1 atom stereocenters. The SMILES string of the molecule is COC(=O)[C@H]1Cc2ccccc2CN1C(=O)COC(=O)c1ccc(OC)c(OC)c1. The monoisotopic (exact) mass is 413 g/mol. The average molecular weight is 413 g/mol. The number of esters is 2. The van der Waals surface area contributed by atoms with Crippen LogP contribution in [0.1, 0.15) is 21.5 Å². The molecule has 8 nitrogen and oxygen atoms in total. The van der Waals surface area contributed by atoms with E-state index in [-0.39, 0.29) is 12.1 Å². The summed E-state index contributed by atoms with van der Waals surface area (Å²) in [5.74, 6) is -0.830. The van der Waals surface area contributed by atoms with Gasteiger partial charge in [0.05, 0.1) is 26.9 Å². The number of fused-ring (bicyclic) bond motifs is 1. The maximum absolute atomic E-state index is 12.8. The van der Waals surface area contributed by atoms with Gasteiger partial charge in [-0.05, 0) is 29.3 Å². The number of hydrogen-bond acceptors (Lipinski definition) is 7. The Morgan fingerprint density at radius 2 is 1.67 bits per heavy atom. The first-order chi connectivity index (χ1) is 14.5. The van der Waals surface area contributed by atoms with E-state index in [1.165, 1.54) is 38.4 Å². The molecule has 0 aliphatic carbocycles. The predicted octanol–water partition coefficient (Wildman–Crippen LogP) is 1.99. The second-order valence-corrected chi connectivity index (χ2v) is 6.68. The Hall–Kier alpha value is -3.55. The van der Waals surface area contributed by atoms with Gasteiger partial charge >= 0.3 is 11.9 Å². The molecule has 2 aromatic rings. The van der Waals surface area contributed by atoms with E-state index in [4.69, 9.17) is 18.9 Å². The highest BCUT2D eigenvalue weighted by atomic mass is 16.5. The van der Waals surface area contributed by atoms with Crippen LogP contribution in [0.15, 0.2) is 42.5 Å². The lowest BCUT2D eigenvalue weighted by atomic mass is 9.94. The first-order valence-corrected chi connectivity index (χ1v) is 9.31. The van der Waals surface area contributed by atoms with Crippen LogP contribution < -0.4 is 9.47 Å². The van der Waals surface area contributed by atoms with Crippen LogP contribution in [0.25, 0.3) is 0 Å². The van der Waals surface area contributed by atoms with Gasteiger partial charge in [-0.25, -0.2) is 9.59 Å². The van der Waals surface area contributed by atoms with Crippen molar-refractivity contribution in [3.63, 3.8) is 0 Å². The smallest absolute Gasteiger partial charge is 0.338 e. The third kappa shape index (κ3) is 4.37. The third-order valence-electron chi connectivity index (χ3n) is 4.99. The maximum Gasteiger partial charge on any atom is 0.338 e. The Balaban J connectivity index is 1.71. The van der Waals surface area contributed by atoms with Crippen molar-refractivity contribution in [3.8, 4) is 11.5 Å². The quantitative estimate of drug-likeness (QED) is 0.669. The molecule has 2 aromatic carbocycles. The number of hydrogen-bond donors (Lipinski definition) is 0. The van der Waals surface area contributed by atoms with E-state index in [0.29, 0.717) is 17.9 Å². The normalized spacial score (nSPS) is 15.0. The Kier molecular flexibility index (Phi) is 6.56. The Morgan fingerprint density at radius 1 is 0.967 bits per heavy atom. The van der Waals surface area contributed by atoms with Crippen LogP contribution >= 0.6 is 0 Å². The van der Waals surface area contributed by atoms with Crippen LogP contribution in [0.4, 0.5) is 0 Å². The van der Waals surface area contributed by atoms with Gasteiger partial charge in [0.15, 0.2) is 18.1 Å². The zero-order valence-corrected chi connectivity index (χ0v) is 17.0. The minimum atomic E-state index is -0.766. The van der Waals surface area contributed by atoms with Gasteiger partial charge in [0.1, 0.15) is 6.04 Å². The molecule has 0 saturated heterocycles. The molecule has 0 aromatic heterocycles. The second kappa shape index (κ2) is 9.30. The van der Waals surface area contributed by atoms with Crippen LogP contribution in [-0.2, 0) is 32.0 Å². The van der Waals surface area contributed by atoms with Gasteiger partial charge in [0, 0.05) is 13.0 Å². The highest BCUT2D eigenvalue weighted by Crippen LogP contribution is 2.28. The van der Waals surface area contributed by atoms with Crippen molar-refractivity contribution < 1.29 is 33.3 Å². The largest absolute Gasteiger partial charge is 0.493 e. The number of amides is 1. The molecule has 0 spiro atoms. The fraction of sp³-hybridized carbons (Fsp3) is 0.318. The van der Waals surface area contributed by atoms with Gasteiger partial charge in [0.25, 0.3) is 5.91 Å². The fourth-order valence-electron chi connectivity index (χ4n) is 3.39. The van der Waals surface area contributed by atoms with Crippen molar-refractivity contribution >= 4 is 17.8 Å². The third-order valence-corrected chi connectivity index (χ3v) is 4.99. The molecule has 0 N–H and O–H groups in total. The van der Waals surface area contributed by atoms with Crippen molar-refractivity contribution in [2.75, 3.05) is 27.9 Å². The van der Waals surface area contributed by atoms with Crippen LogP contribution in [0, 0.1) is 0 Å². The van der Waals surface area contributed by atoms with Crippen molar-refractivity contribution in [1.82, 2.24) is 4.90 Å². The summed E-state index contributed by atoms with van der Waals surface area (Å²) in [5, 5.41) is 0. The van der Waals surface area contributed by atoms with Gasteiger partial charge in [-0.2, -0.15) is 0 Å². The topological polar surface area (TPSA) is 91.4 Å². The zero-order valence-electron chi connectivity index (χ0n) is 17.0. The summed E-state index contributed by atoms with van der Waals surface area (Å²) < 4.78 is 20.4. The number of carbonyl (C=O) groups is 3. The average Bonchev–Trinajstić information content (AvgIpc) is 2.80. The lowest BCUT2D eigenvalue weighted by molar-refractivity contribution is -0.155. The lowest BCUT2D eigenvalue weighted by Crippen LogP contribution is -2.50. The lowest BCUT2D eigenvalue weighted by Gasteiger charge is -2.35. The molecule has 1 aliphatic heterocycles. The summed E-state index contributed by atoms with van der Waals surface area (Å²) in [6.45, 7) is -0.258. The second-order valence-electron chi connectivity index (χ2n) is 6.68. The van der Waals surface area contributed by atoms with Gasteiger partial charge < -0.3 is 23.8 Å². The van der Waals surface area contributed by atoms with Gasteiger partial charge in [-0.1, -0.05) is 24.3 Å². The number of nitrogens with zero attached hydrogens (tertiary/aromatic N) is 1. The van der Waals surface area contributed by atoms with E-state index in [2.05, 4.69) is 0 Å². The first kappa shape index (κ1) is 21.2. The molecule has 158 valence electrons. The summed E-state index contributed by atoms with van der Waals surface area (Å²) in [6.07, 6.45) is 0.345. The number of benzene rings is 2. The van der Waals surface area contributed by atoms with E-state index in [0.717, 1.165) is 11.1 Å². The number of rotatable bonds is 6. The van der Waals surface area contributed by atoms with Crippen molar-refractivity contribution in [2.24, 2.45) is 0 Å². The van der Waals surface area contributed by atoms with Crippen LogP contribution in [-0.4, -0.2) is 56.7 Å². The van der Waals surface area contributed by atoms with E-state index >= 15 is 0 Å². The highest BCUT2D eigenvalue weighted by molar-refractivity contribution is 5.93. The highest BCUT2D eigenvalue weighted by Gasteiger charge is 2.35. The first-order valence-electron chi connectivity index (χ1n) is 9.31. The van der Waals surface area contributed by atoms with Crippen LogP contribution in [0.3, 0.4) is 0 Å². The molecule has 0 fully saturated rings. The summed E-state index contributed by atoms with van der Waals surface area (Å²) in [7, 11) is 4.23. The minimum Gasteiger partial charge on any atom is -0.493 e. The Bertz CT molecular complexity index is 956. The van der Waals surface area contributed by atoms with Crippen LogP contribution in [0.5, 0.6) is 11.5 Å². The van der Waals surface area contributed by atoms with Crippen molar-refractivity contribution in [3.05, 3.63) is 59.2 Å². The van der Waals surface area contributed by atoms with Crippen molar-refractivity contribution in [2.45, 2.75) is 19.0 Å². The predicted molar refractivity (Wildman–Crippen MR) is 106 cm³/mol. The fourth-order valence-corrected chi connectivity index (χ4v) is 3.39. The Labute approximate surface area is 174 Å². The summed E-state index contributed by atoms with van der Waals surface area (Å²) in [5.41, 5.74) is 2.14. The summed E-state index contributed by atoms with van der Waals surface area (Å²) in [6, 6.07) is 11.4. The molecule has 0 unspecified atom stereocenters. The van der Waals surface area contributed by atoms with E-state index < -0.39 is 30.5 Å². The number of methoxy groups -OCH3 is 3. The van der Waals surface area contributed by atoms with Crippen LogP contribution in [0.2, 0.25) is 0 Å². The molecular weight excluding hydrogens is 390 g/mol. The molecule has 0 bridgehead atoms. The van der Waals surface area contributed by atoms with Gasteiger partial charge in [-0.3, -0.25) is 4.79 Å². The zero-order chi connectivity index (χ0) is 21.7. The molecule has 30 heavy (non-hydrogen) atoms.